The molecule has 0 aliphatic heterocycles. The Morgan fingerprint density at radius 3 is 2.50 bits per heavy atom. The van der Waals surface area contributed by atoms with Gasteiger partial charge in [-0.2, -0.15) is 0 Å². The Balaban J connectivity index is 3.75. The third kappa shape index (κ3) is 4.82. The van der Waals surface area contributed by atoms with Gasteiger partial charge in [0, 0.05) is 6.42 Å². The molecule has 12 heavy (non-hydrogen) atoms. The SMILES string of the molecule is CCC(C)(C)CCC(=N)/N=N\N. The lowest BCUT2D eigenvalue weighted by Crippen LogP contribution is -2.11. The van der Waals surface area contributed by atoms with Crippen LogP contribution >= 0.6 is 0 Å². The van der Waals surface area contributed by atoms with Crippen LogP contribution in [-0.4, -0.2) is 5.84 Å². The molecule has 0 radical (unpaired) electrons. The molecule has 0 rings (SSSR count). The normalized spacial score (nSPS) is 12.2. The summed E-state index contributed by atoms with van der Waals surface area (Å²) >= 11 is 0. The van der Waals surface area contributed by atoms with Crippen LogP contribution in [0, 0.1) is 10.8 Å². The van der Waals surface area contributed by atoms with Crippen molar-refractivity contribution in [3.8, 4) is 0 Å². The number of nitrogens with one attached hydrogen (secondary N) is 1. The maximum Gasteiger partial charge on any atom is 0.145 e. The summed E-state index contributed by atoms with van der Waals surface area (Å²) in [5, 5.41) is 13.8. The molecule has 4 heteroatoms. The van der Waals surface area contributed by atoms with Crippen LogP contribution in [0.3, 0.4) is 0 Å². The Bertz CT molecular complexity index is 172. The third-order valence-corrected chi connectivity index (χ3v) is 2.17. The fourth-order valence-electron chi connectivity index (χ4n) is 0.753. The average molecular weight is 170 g/mol. The Hall–Kier alpha value is -0.930. The maximum absolute atomic E-state index is 7.30. The van der Waals surface area contributed by atoms with E-state index in [9.17, 15) is 0 Å². The van der Waals surface area contributed by atoms with E-state index in [1.54, 1.807) is 0 Å². The van der Waals surface area contributed by atoms with E-state index >= 15 is 0 Å². The molecular formula is C8H18N4. The quantitative estimate of drug-likeness (QED) is 0.220. The highest BCUT2D eigenvalue weighted by atomic mass is 15.3. The van der Waals surface area contributed by atoms with Gasteiger partial charge < -0.3 is 5.84 Å². The first-order valence-corrected chi connectivity index (χ1v) is 4.20. The second-order valence-corrected chi connectivity index (χ2v) is 3.68. The van der Waals surface area contributed by atoms with E-state index in [2.05, 4.69) is 31.1 Å². The molecule has 0 aromatic carbocycles. The lowest BCUT2D eigenvalue weighted by molar-refractivity contribution is 0.328. The molecule has 0 atom stereocenters. The molecule has 3 N–H and O–H groups in total. The van der Waals surface area contributed by atoms with Gasteiger partial charge in [0.1, 0.15) is 5.84 Å². The highest BCUT2D eigenvalue weighted by Crippen LogP contribution is 2.26. The molecule has 0 saturated heterocycles. The molecule has 70 valence electrons. The molecule has 0 amide bonds. The van der Waals surface area contributed by atoms with Gasteiger partial charge in [0.15, 0.2) is 0 Å². The fraction of sp³-hybridized carbons (Fsp3) is 0.875. The van der Waals surface area contributed by atoms with Crippen LogP contribution in [0.1, 0.15) is 40.0 Å². The minimum atomic E-state index is 0.263. The van der Waals surface area contributed by atoms with Gasteiger partial charge in [-0.05, 0) is 11.8 Å². The minimum Gasteiger partial charge on any atom is -0.305 e. The lowest BCUT2D eigenvalue weighted by atomic mass is 9.85. The van der Waals surface area contributed by atoms with Gasteiger partial charge in [0.05, 0.1) is 0 Å². The minimum absolute atomic E-state index is 0.263. The predicted octanol–water partition coefficient (Wildman–Crippen LogP) is 2.51. The summed E-state index contributed by atoms with van der Waals surface area (Å²) in [6.45, 7) is 6.51. The van der Waals surface area contributed by atoms with Crippen molar-refractivity contribution in [1.29, 1.82) is 5.41 Å². The Morgan fingerprint density at radius 1 is 1.50 bits per heavy atom. The molecule has 0 aromatic rings. The summed E-state index contributed by atoms with van der Waals surface area (Å²) in [6, 6.07) is 0. The standard InChI is InChI=1S/C8H18N4/c1-4-8(2,3)6-5-7(9)11-12-10/h4-6H2,1-3H3,(H3,9,10,11). The van der Waals surface area contributed by atoms with E-state index in [1.807, 2.05) is 0 Å². The second kappa shape index (κ2) is 4.85. The number of amidine groups is 1. The first-order chi connectivity index (χ1) is 5.52. The van der Waals surface area contributed by atoms with E-state index in [-0.39, 0.29) is 11.3 Å². The number of rotatable bonds is 4. The number of hydrogen-bond donors (Lipinski definition) is 2. The molecular weight excluding hydrogens is 152 g/mol. The molecule has 0 bridgehead atoms. The highest BCUT2D eigenvalue weighted by Gasteiger charge is 2.15. The van der Waals surface area contributed by atoms with Gasteiger partial charge in [-0.1, -0.05) is 32.4 Å². The van der Waals surface area contributed by atoms with Crippen molar-refractivity contribution in [2.75, 3.05) is 0 Å². The first kappa shape index (κ1) is 11.1. The van der Waals surface area contributed by atoms with Crippen molar-refractivity contribution in [3.05, 3.63) is 0 Å². The largest absolute Gasteiger partial charge is 0.305 e. The number of hydrogen-bond acceptors (Lipinski definition) is 2. The molecule has 0 spiro atoms. The Morgan fingerprint density at radius 2 is 2.08 bits per heavy atom. The zero-order valence-corrected chi connectivity index (χ0v) is 8.09. The van der Waals surface area contributed by atoms with Crippen molar-refractivity contribution >= 4 is 5.84 Å². The predicted molar refractivity (Wildman–Crippen MR) is 50.1 cm³/mol. The van der Waals surface area contributed by atoms with Crippen LogP contribution in [0.15, 0.2) is 10.3 Å². The van der Waals surface area contributed by atoms with Crippen molar-refractivity contribution in [3.63, 3.8) is 0 Å². The fourth-order valence-corrected chi connectivity index (χ4v) is 0.753. The molecule has 0 aliphatic rings. The van der Waals surface area contributed by atoms with Crippen LogP contribution in [-0.2, 0) is 0 Å². The van der Waals surface area contributed by atoms with E-state index in [0.717, 1.165) is 12.8 Å². The van der Waals surface area contributed by atoms with Gasteiger partial charge in [-0.25, -0.2) is 0 Å². The van der Waals surface area contributed by atoms with Gasteiger partial charge in [0.2, 0.25) is 0 Å². The molecule has 0 unspecified atom stereocenters. The summed E-state index contributed by atoms with van der Waals surface area (Å²) in [7, 11) is 0. The summed E-state index contributed by atoms with van der Waals surface area (Å²) in [6.07, 6.45) is 2.73. The highest BCUT2D eigenvalue weighted by molar-refractivity contribution is 5.79. The zero-order chi connectivity index (χ0) is 9.61. The van der Waals surface area contributed by atoms with Crippen molar-refractivity contribution < 1.29 is 0 Å². The van der Waals surface area contributed by atoms with Crippen molar-refractivity contribution in [1.82, 2.24) is 0 Å². The Labute approximate surface area is 73.7 Å². The smallest absolute Gasteiger partial charge is 0.145 e. The topological polar surface area (TPSA) is 74.6 Å². The van der Waals surface area contributed by atoms with E-state index < -0.39 is 0 Å². The summed E-state index contributed by atoms with van der Waals surface area (Å²) < 4.78 is 0. The van der Waals surface area contributed by atoms with Crippen LogP contribution in [0.2, 0.25) is 0 Å². The van der Waals surface area contributed by atoms with Gasteiger partial charge in [0.25, 0.3) is 0 Å². The summed E-state index contributed by atoms with van der Waals surface area (Å²) in [4.78, 5) is 0. The molecule has 0 aliphatic carbocycles. The monoisotopic (exact) mass is 170 g/mol. The zero-order valence-electron chi connectivity index (χ0n) is 8.09. The van der Waals surface area contributed by atoms with Gasteiger partial charge in [-0.15, -0.1) is 5.11 Å². The van der Waals surface area contributed by atoms with Crippen molar-refractivity contribution in [2.24, 2.45) is 21.6 Å². The van der Waals surface area contributed by atoms with Crippen LogP contribution < -0.4 is 5.84 Å². The van der Waals surface area contributed by atoms with E-state index in [4.69, 9.17) is 11.3 Å². The maximum atomic E-state index is 7.30. The van der Waals surface area contributed by atoms with Gasteiger partial charge >= 0.3 is 0 Å². The summed E-state index contributed by atoms with van der Waals surface area (Å²) in [5.41, 5.74) is 0.288. The molecule has 4 nitrogen and oxygen atoms in total. The molecule has 0 saturated carbocycles. The van der Waals surface area contributed by atoms with Crippen molar-refractivity contribution in [2.45, 2.75) is 40.0 Å². The molecule has 0 aromatic heterocycles. The second-order valence-electron chi connectivity index (χ2n) is 3.68. The molecule has 0 heterocycles. The van der Waals surface area contributed by atoms with E-state index in [0.29, 0.717) is 6.42 Å². The Kier molecular flexibility index (Phi) is 4.47. The van der Waals surface area contributed by atoms with Crippen LogP contribution in [0.25, 0.3) is 0 Å². The van der Waals surface area contributed by atoms with E-state index in [1.165, 1.54) is 0 Å². The lowest BCUT2D eigenvalue weighted by Gasteiger charge is -2.21. The number of nitrogens with two attached hydrogens (primary N) is 1. The first-order valence-electron chi connectivity index (χ1n) is 4.20. The number of nitrogens with zero attached hydrogens (tertiary/aromatic N) is 2. The average Bonchev–Trinajstić information content (AvgIpc) is 2.02. The van der Waals surface area contributed by atoms with Crippen LogP contribution in [0.5, 0.6) is 0 Å². The summed E-state index contributed by atoms with van der Waals surface area (Å²) in [5.74, 6) is 5.08. The molecule has 0 fully saturated rings. The van der Waals surface area contributed by atoms with Gasteiger partial charge in [-0.3, -0.25) is 5.41 Å². The van der Waals surface area contributed by atoms with Crippen LogP contribution in [0.4, 0.5) is 0 Å². The third-order valence-electron chi connectivity index (χ3n) is 2.17.